The van der Waals surface area contributed by atoms with Crippen molar-refractivity contribution in [1.82, 2.24) is 20.4 Å². The van der Waals surface area contributed by atoms with Crippen LogP contribution in [0.4, 0.5) is 4.39 Å². The predicted octanol–water partition coefficient (Wildman–Crippen LogP) is 1.01. The van der Waals surface area contributed by atoms with Crippen molar-refractivity contribution >= 4 is 5.91 Å². The normalized spacial score (nSPS) is 12.0. The molecule has 1 aromatic carbocycles. The lowest BCUT2D eigenvalue weighted by Crippen LogP contribution is -2.37. The van der Waals surface area contributed by atoms with Crippen LogP contribution in [0.1, 0.15) is 11.6 Å². The first-order valence-electron chi connectivity index (χ1n) is 6.92. The van der Waals surface area contributed by atoms with E-state index in [0.717, 1.165) is 5.56 Å². The molecule has 1 aromatic heterocycles. The molecule has 2 aromatic rings. The second-order valence-corrected chi connectivity index (χ2v) is 4.74. The maximum atomic E-state index is 13.4. The highest BCUT2D eigenvalue weighted by molar-refractivity contribution is 5.82. The van der Waals surface area contributed by atoms with E-state index in [-0.39, 0.29) is 24.8 Å². The van der Waals surface area contributed by atoms with E-state index >= 15 is 0 Å². The van der Waals surface area contributed by atoms with Gasteiger partial charge in [-0.25, -0.2) is 4.39 Å². The van der Waals surface area contributed by atoms with Gasteiger partial charge < -0.3 is 15.4 Å². The second kappa shape index (κ2) is 7.56. The molecule has 0 aliphatic heterocycles. The molecule has 0 bridgehead atoms. The van der Waals surface area contributed by atoms with Crippen LogP contribution in [0, 0.1) is 5.82 Å². The quantitative estimate of drug-likeness (QED) is 0.749. The van der Waals surface area contributed by atoms with Gasteiger partial charge in [0.2, 0.25) is 5.91 Å². The molecule has 2 rings (SSSR count). The summed E-state index contributed by atoms with van der Waals surface area (Å²) in [6.45, 7) is 0.474. The molecular formula is C15H19FN4O2. The van der Waals surface area contributed by atoms with Gasteiger partial charge in [-0.1, -0.05) is 12.1 Å². The average Bonchev–Trinajstić information content (AvgIpc) is 2.92. The topological polar surface area (TPSA) is 68.2 Å². The maximum absolute atomic E-state index is 13.4. The predicted molar refractivity (Wildman–Crippen MR) is 79.9 cm³/mol. The molecule has 0 aliphatic carbocycles. The third-order valence-electron chi connectivity index (χ3n) is 3.10. The number of aromatic nitrogens is 2. The van der Waals surface area contributed by atoms with E-state index in [1.165, 1.54) is 6.07 Å². The highest BCUT2D eigenvalue weighted by atomic mass is 19.1. The molecule has 0 aliphatic rings. The van der Waals surface area contributed by atoms with Gasteiger partial charge >= 0.3 is 0 Å². The number of ether oxygens (including phenoxy) is 1. The van der Waals surface area contributed by atoms with Crippen molar-refractivity contribution in [2.24, 2.45) is 7.05 Å². The minimum absolute atomic E-state index is 0.175. The fourth-order valence-corrected chi connectivity index (χ4v) is 2.04. The zero-order valence-electron chi connectivity index (χ0n) is 12.5. The van der Waals surface area contributed by atoms with Gasteiger partial charge in [-0.3, -0.25) is 9.48 Å². The Morgan fingerprint density at radius 2 is 2.23 bits per heavy atom. The second-order valence-electron chi connectivity index (χ2n) is 4.74. The van der Waals surface area contributed by atoms with E-state index in [1.807, 2.05) is 0 Å². The molecule has 1 unspecified atom stereocenters. The van der Waals surface area contributed by atoms with Crippen LogP contribution in [0.5, 0.6) is 5.75 Å². The van der Waals surface area contributed by atoms with Crippen LogP contribution >= 0.6 is 0 Å². The molecule has 0 spiro atoms. The summed E-state index contributed by atoms with van der Waals surface area (Å²) in [5, 5.41) is 9.72. The summed E-state index contributed by atoms with van der Waals surface area (Å²) in [5.41, 5.74) is 0.775. The largest absolute Gasteiger partial charge is 0.489 e. The zero-order valence-corrected chi connectivity index (χ0v) is 12.5. The molecule has 0 saturated carbocycles. The minimum atomic E-state index is -0.484. The summed E-state index contributed by atoms with van der Waals surface area (Å²) in [5.74, 6) is -0.431. The molecule has 1 amide bonds. The molecule has 6 nitrogen and oxygen atoms in total. The van der Waals surface area contributed by atoms with E-state index in [9.17, 15) is 9.18 Å². The van der Waals surface area contributed by atoms with Crippen molar-refractivity contribution in [1.29, 1.82) is 0 Å². The summed E-state index contributed by atoms with van der Waals surface area (Å²) in [6, 6.07) is 5.67. The van der Waals surface area contributed by atoms with Crippen molar-refractivity contribution in [3.8, 4) is 5.75 Å². The first-order valence-corrected chi connectivity index (χ1v) is 6.92. The number of aryl methyl sites for hydroxylation is 1. The van der Waals surface area contributed by atoms with Gasteiger partial charge in [-0.15, -0.1) is 0 Å². The van der Waals surface area contributed by atoms with Gasteiger partial charge in [0.25, 0.3) is 0 Å². The Bertz CT molecular complexity index is 630. The molecule has 2 N–H and O–H groups in total. The van der Waals surface area contributed by atoms with Crippen molar-refractivity contribution in [3.63, 3.8) is 0 Å². The summed E-state index contributed by atoms with van der Waals surface area (Å²) >= 11 is 0. The van der Waals surface area contributed by atoms with Gasteiger partial charge in [0.05, 0.1) is 12.7 Å². The zero-order chi connectivity index (χ0) is 15.9. The van der Waals surface area contributed by atoms with Crippen molar-refractivity contribution in [2.75, 3.05) is 20.2 Å². The number of halogens is 1. The van der Waals surface area contributed by atoms with Crippen LogP contribution in [0.25, 0.3) is 0 Å². The monoisotopic (exact) mass is 306 g/mol. The van der Waals surface area contributed by atoms with E-state index in [0.29, 0.717) is 0 Å². The Balaban J connectivity index is 1.81. The standard InChI is InChI=1S/C15H19FN4O2/c1-17-14(11-9-19-20(2)10-11)15(21)18-7-8-22-13-6-4-3-5-12(13)16/h3-6,9-10,14,17H,7-8H2,1-2H3,(H,18,21). The number of hydrogen-bond donors (Lipinski definition) is 2. The Morgan fingerprint density at radius 1 is 1.45 bits per heavy atom. The first-order chi connectivity index (χ1) is 10.6. The van der Waals surface area contributed by atoms with Crippen LogP contribution in [0.15, 0.2) is 36.7 Å². The number of amides is 1. The van der Waals surface area contributed by atoms with Gasteiger partial charge in [0, 0.05) is 18.8 Å². The highest BCUT2D eigenvalue weighted by Gasteiger charge is 2.19. The van der Waals surface area contributed by atoms with Gasteiger partial charge in [-0.2, -0.15) is 5.10 Å². The summed E-state index contributed by atoms with van der Waals surface area (Å²) in [6.07, 6.45) is 3.41. The van der Waals surface area contributed by atoms with Crippen LogP contribution in [0.2, 0.25) is 0 Å². The lowest BCUT2D eigenvalue weighted by molar-refractivity contribution is -0.123. The lowest BCUT2D eigenvalue weighted by Gasteiger charge is -2.15. The van der Waals surface area contributed by atoms with Gasteiger partial charge in [0.15, 0.2) is 11.6 Å². The SMILES string of the molecule is CNC(C(=O)NCCOc1ccccc1F)c1cnn(C)c1. The maximum Gasteiger partial charge on any atom is 0.241 e. The number of hydrogen-bond acceptors (Lipinski definition) is 4. The van der Waals surface area contributed by atoms with E-state index in [4.69, 9.17) is 4.74 Å². The van der Waals surface area contributed by atoms with E-state index in [2.05, 4.69) is 15.7 Å². The Kier molecular flexibility index (Phi) is 5.48. The number of para-hydroxylation sites is 1. The Morgan fingerprint density at radius 3 is 2.86 bits per heavy atom. The van der Waals surface area contributed by atoms with Gasteiger partial charge in [-0.05, 0) is 19.2 Å². The lowest BCUT2D eigenvalue weighted by atomic mass is 10.1. The van der Waals surface area contributed by atoms with Crippen LogP contribution < -0.4 is 15.4 Å². The van der Waals surface area contributed by atoms with Gasteiger partial charge in [0.1, 0.15) is 12.6 Å². The number of nitrogens with zero attached hydrogens (tertiary/aromatic N) is 2. The molecule has 22 heavy (non-hydrogen) atoms. The molecule has 118 valence electrons. The number of nitrogens with one attached hydrogen (secondary N) is 2. The Hall–Kier alpha value is -2.41. The van der Waals surface area contributed by atoms with Crippen LogP contribution in [-0.4, -0.2) is 35.9 Å². The first kappa shape index (κ1) is 16.0. The third-order valence-corrected chi connectivity index (χ3v) is 3.10. The molecule has 1 atom stereocenters. The summed E-state index contributed by atoms with van der Waals surface area (Å²) in [4.78, 5) is 12.1. The van der Waals surface area contributed by atoms with Crippen molar-refractivity contribution in [2.45, 2.75) is 6.04 Å². The fraction of sp³-hybridized carbons (Fsp3) is 0.333. The van der Waals surface area contributed by atoms with E-state index in [1.54, 1.807) is 49.4 Å². The number of rotatable bonds is 7. The van der Waals surface area contributed by atoms with E-state index < -0.39 is 11.9 Å². The van der Waals surface area contributed by atoms with Crippen LogP contribution in [0.3, 0.4) is 0 Å². The number of carbonyl (C=O) groups excluding carboxylic acids is 1. The van der Waals surface area contributed by atoms with Crippen molar-refractivity contribution in [3.05, 3.63) is 48.0 Å². The summed E-state index contributed by atoms with van der Waals surface area (Å²) in [7, 11) is 3.49. The molecule has 0 radical (unpaired) electrons. The number of likely N-dealkylation sites (N-methyl/N-ethyl adjacent to an activating group) is 1. The minimum Gasteiger partial charge on any atom is -0.489 e. The number of carbonyl (C=O) groups is 1. The molecule has 0 fully saturated rings. The molecule has 7 heteroatoms. The smallest absolute Gasteiger partial charge is 0.241 e. The molecule has 0 saturated heterocycles. The average molecular weight is 306 g/mol. The fourth-order valence-electron chi connectivity index (χ4n) is 2.04. The van der Waals surface area contributed by atoms with Crippen LogP contribution in [-0.2, 0) is 11.8 Å². The number of benzene rings is 1. The third kappa shape index (κ3) is 4.05. The highest BCUT2D eigenvalue weighted by Crippen LogP contribution is 2.15. The Labute approximate surface area is 128 Å². The van der Waals surface area contributed by atoms with Crippen molar-refractivity contribution < 1.29 is 13.9 Å². The summed E-state index contributed by atoms with van der Waals surface area (Å²) < 4.78 is 20.3. The molecule has 1 heterocycles. The molecular weight excluding hydrogens is 287 g/mol.